The van der Waals surface area contributed by atoms with Gasteiger partial charge in [0, 0.05) is 24.2 Å². The SMILES string of the molecule is O=C(O)C1CC2COCC(C1)N2CC(=O)N1CCc2c(C(F)(F)F)nn(Cc3ccc(F)cc3)c2C1. The Hall–Kier alpha value is -2.99. The maximum atomic E-state index is 13.7. The Morgan fingerprint density at radius 3 is 2.39 bits per heavy atom. The molecular formula is C24H26F4N4O4. The van der Waals surface area contributed by atoms with Crippen molar-refractivity contribution in [3.8, 4) is 0 Å². The van der Waals surface area contributed by atoms with Gasteiger partial charge >= 0.3 is 12.1 Å². The topological polar surface area (TPSA) is 87.9 Å². The number of hydrogen-bond acceptors (Lipinski definition) is 5. The third-order valence-corrected chi connectivity index (χ3v) is 7.34. The normalized spacial score (nSPS) is 24.4. The number of aromatic nitrogens is 2. The lowest BCUT2D eigenvalue weighted by atomic mass is 9.85. The van der Waals surface area contributed by atoms with Gasteiger partial charge in [-0.15, -0.1) is 0 Å². The van der Waals surface area contributed by atoms with E-state index in [1.807, 2.05) is 4.90 Å². The highest BCUT2D eigenvalue weighted by molar-refractivity contribution is 5.79. The minimum Gasteiger partial charge on any atom is -0.481 e. The largest absolute Gasteiger partial charge is 0.481 e. The number of amides is 1. The summed E-state index contributed by atoms with van der Waals surface area (Å²) in [6, 6.07) is 5.07. The first-order valence-corrected chi connectivity index (χ1v) is 11.8. The third kappa shape index (κ3) is 4.83. The van der Waals surface area contributed by atoms with E-state index in [4.69, 9.17) is 4.74 Å². The van der Waals surface area contributed by atoms with Crippen LogP contribution in [0.2, 0.25) is 0 Å². The maximum absolute atomic E-state index is 13.7. The number of benzene rings is 1. The Morgan fingerprint density at radius 1 is 1.11 bits per heavy atom. The second kappa shape index (κ2) is 9.47. The molecule has 8 nitrogen and oxygen atoms in total. The van der Waals surface area contributed by atoms with Crippen LogP contribution in [0, 0.1) is 11.7 Å². The fourth-order valence-electron chi connectivity index (χ4n) is 5.52. The van der Waals surface area contributed by atoms with Gasteiger partial charge in [-0.1, -0.05) is 12.1 Å². The fraction of sp³-hybridized carbons (Fsp3) is 0.542. The van der Waals surface area contributed by atoms with Crippen LogP contribution >= 0.6 is 0 Å². The zero-order chi connectivity index (χ0) is 25.6. The third-order valence-electron chi connectivity index (χ3n) is 7.34. The standard InChI is InChI=1S/C24H26F4N4O4/c25-16-3-1-14(2-4-16)9-32-20-10-30(6-5-19(20)22(29-32)24(26,27)28)21(33)11-31-17-7-15(23(34)35)8-18(31)13-36-12-17/h1-4,15,17-18H,5-13H2,(H,34,35). The summed E-state index contributed by atoms with van der Waals surface area (Å²) >= 11 is 0. The van der Waals surface area contributed by atoms with Gasteiger partial charge in [-0.3, -0.25) is 19.2 Å². The van der Waals surface area contributed by atoms with E-state index in [0.29, 0.717) is 37.3 Å². The van der Waals surface area contributed by atoms with E-state index < -0.39 is 29.6 Å². The van der Waals surface area contributed by atoms with Crippen LogP contribution in [-0.4, -0.2) is 75.0 Å². The van der Waals surface area contributed by atoms with Gasteiger partial charge in [0.25, 0.3) is 0 Å². The molecule has 5 rings (SSSR count). The highest BCUT2D eigenvalue weighted by atomic mass is 19.4. The highest BCUT2D eigenvalue weighted by Gasteiger charge is 2.44. The van der Waals surface area contributed by atoms with Crippen molar-refractivity contribution in [2.75, 3.05) is 26.3 Å². The summed E-state index contributed by atoms with van der Waals surface area (Å²) < 4.78 is 61.2. The van der Waals surface area contributed by atoms with Gasteiger partial charge < -0.3 is 14.7 Å². The van der Waals surface area contributed by atoms with Gasteiger partial charge in [0.15, 0.2) is 5.69 Å². The van der Waals surface area contributed by atoms with Crippen molar-refractivity contribution < 1.29 is 37.0 Å². The van der Waals surface area contributed by atoms with E-state index in [1.54, 1.807) is 0 Å². The summed E-state index contributed by atoms with van der Waals surface area (Å²) in [7, 11) is 0. The van der Waals surface area contributed by atoms with E-state index in [0.717, 1.165) is 0 Å². The zero-order valence-electron chi connectivity index (χ0n) is 19.4. The Kier molecular flexibility index (Phi) is 6.50. The van der Waals surface area contributed by atoms with Crippen molar-refractivity contribution in [1.82, 2.24) is 19.6 Å². The molecule has 2 aromatic rings. The average molecular weight is 510 g/mol. The van der Waals surface area contributed by atoms with Crippen molar-refractivity contribution in [3.05, 3.63) is 52.6 Å². The predicted octanol–water partition coefficient (Wildman–Crippen LogP) is 2.54. The molecule has 2 fully saturated rings. The summed E-state index contributed by atoms with van der Waals surface area (Å²) in [4.78, 5) is 28.3. The lowest BCUT2D eigenvalue weighted by Gasteiger charge is -2.47. The Morgan fingerprint density at radius 2 is 1.78 bits per heavy atom. The first-order valence-electron chi connectivity index (χ1n) is 11.8. The molecule has 0 spiro atoms. The molecule has 2 saturated heterocycles. The Balaban J connectivity index is 1.34. The first kappa shape index (κ1) is 24.7. The molecule has 2 unspecified atom stereocenters. The molecule has 1 amide bonds. The zero-order valence-corrected chi connectivity index (χ0v) is 19.4. The number of fused-ring (bicyclic) bond motifs is 3. The van der Waals surface area contributed by atoms with E-state index in [9.17, 15) is 32.3 Å². The van der Waals surface area contributed by atoms with Gasteiger partial charge in [-0.2, -0.15) is 18.3 Å². The van der Waals surface area contributed by atoms with Crippen LogP contribution in [-0.2, 0) is 40.0 Å². The average Bonchev–Trinajstić information content (AvgIpc) is 3.18. The van der Waals surface area contributed by atoms with Crippen LogP contribution in [0.15, 0.2) is 24.3 Å². The number of ether oxygens (including phenoxy) is 1. The molecule has 3 aliphatic rings. The predicted molar refractivity (Wildman–Crippen MR) is 117 cm³/mol. The molecule has 12 heteroatoms. The van der Waals surface area contributed by atoms with E-state index >= 15 is 0 Å². The molecule has 2 atom stereocenters. The van der Waals surface area contributed by atoms with Crippen molar-refractivity contribution in [1.29, 1.82) is 0 Å². The summed E-state index contributed by atoms with van der Waals surface area (Å²) in [5.74, 6) is -2.00. The minimum absolute atomic E-state index is 0.0180. The quantitative estimate of drug-likeness (QED) is 0.623. The number of carbonyl (C=O) groups is 2. The Bertz CT molecular complexity index is 1140. The van der Waals surface area contributed by atoms with Gasteiger partial charge in [0.2, 0.25) is 5.91 Å². The monoisotopic (exact) mass is 510 g/mol. The lowest BCUT2D eigenvalue weighted by molar-refractivity contribution is -0.153. The minimum atomic E-state index is -4.63. The van der Waals surface area contributed by atoms with Gasteiger partial charge in [-0.05, 0) is 37.0 Å². The van der Waals surface area contributed by atoms with Gasteiger partial charge in [0.1, 0.15) is 5.82 Å². The molecular weight excluding hydrogens is 484 g/mol. The van der Waals surface area contributed by atoms with Crippen molar-refractivity contribution >= 4 is 11.9 Å². The molecule has 0 aliphatic carbocycles. The van der Waals surface area contributed by atoms with Crippen LogP contribution in [0.5, 0.6) is 0 Å². The van der Waals surface area contributed by atoms with Crippen LogP contribution in [0.1, 0.15) is 35.4 Å². The first-order chi connectivity index (χ1) is 17.1. The summed E-state index contributed by atoms with van der Waals surface area (Å²) in [5.41, 5.74) is 0.0442. The number of morpholine rings is 1. The molecule has 4 heterocycles. The summed E-state index contributed by atoms with van der Waals surface area (Å²) in [5, 5.41) is 13.3. The second-order valence-corrected chi connectivity index (χ2v) is 9.65. The number of hydrogen-bond donors (Lipinski definition) is 1. The number of halogens is 4. The summed E-state index contributed by atoms with van der Waals surface area (Å²) in [6.07, 6.45) is -3.82. The Labute approximate surface area is 204 Å². The number of carboxylic acids is 1. The van der Waals surface area contributed by atoms with Gasteiger partial charge in [0.05, 0.1) is 44.5 Å². The highest BCUT2D eigenvalue weighted by Crippen LogP contribution is 2.36. The molecule has 36 heavy (non-hydrogen) atoms. The number of carbonyl (C=O) groups excluding carboxylic acids is 1. The molecule has 194 valence electrons. The van der Waals surface area contributed by atoms with Crippen LogP contribution in [0.4, 0.5) is 17.6 Å². The number of nitrogens with zero attached hydrogens (tertiary/aromatic N) is 4. The molecule has 3 aliphatic heterocycles. The van der Waals surface area contributed by atoms with E-state index in [-0.39, 0.29) is 56.2 Å². The van der Waals surface area contributed by atoms with E-state index in [1.165, 1.54) is 33.8 Å². The molecule has 1 N–H and O–H groups in total. The number of rotatable bonds is 5. The maximum Gasteiger partial charge on any atom is 0.435 e. The number of carboxylic acid groups (broad SMARTS) is 1. The molecule has 0 saturated carbocycles. The van der Waals surface area contributed by atoms with Crippen LogP contribution in [0.25, 0.3) is 0 Å². The number of aliphatic carboxylic acids is 1. The van der Waals surface area contributed by atoms with Crippen molar-refractivity contribution in [2.45, 2.75) is 50.6 Å². The van der Waals surface area contributed by atoms with Crippen molar-refractivity contribution in [3.63, 3.8) is 0 Å². The van der Waals surface area contributed by atoms with Crippen LogP contribution < -0.4 is 0 Å². The molecule has 0 radical (unpaired) electrons. The fourth-order valence-corrected chi connectivity index (χ4v) is 5.52. The second-order valence-electron chi connectivity index (χ2n) is 9.65. The number of alkyl halides is 3. The number of piperidine rings is 1. The lowest BCUT2D eigenvalue weighted by Crippen LogP contribution is -2.60. The smallest absolute Gasteiger partial charge is 0.435 e. The van der Waals surface area contributed by atoms with Crippen molar-refractivity contribution in [2.24, 2.45) is 5.92 Å². The van der Waals surface area contributed by atoms with Gasteiger partial charge in [-0.25, -0.2) is 4.39 Å². The van der Waals surface area contributed by atoms with Crippen LogP contribution in [0.3, 0.4) is 0 Å². The molecule has 2 bridgehead atoms. The molecule has 1 aromatic carbocycles. The summed E-state index contributed by atoms with van der Waals surface area (Å²) in [6.45, 7) is 0.877. The van der Waals surface area contributed by atoms with E-state index in [2.05, 4.69) is 5.10 Å². The molecule has 1 aromatic heterocycles.